The molecule has 3 rings (SSSR count). The van der Waals surface area contributed by atoms with Crippen LogP contribution in [0.15, 0.2) is 23.1 Å². The standard InChI is InChI=1S/C19H29N3O3S/c1-3-20-11-13-21(14-12-20)19(23)17-8-7-16(2)18(15-17)26(24,25)22-9-5-4-6-10-22/h7-8,15H,3-6,9-14H2,1-2H3. The van der Waals surface area contributed by atoms with E-state index in [1.165, 1.54) is 0 Å². The summed E-state index contributed by atoms with van der Waals surface area (Å²) in [4.78, 5) is 17.3. The fraction of sp³-hybridized carbons (Fsp3) is 0.632. The number of hydrogen-bond acceptors (Lipinski definition) is 4. The number of carbonyl (C=O) groups is 1. The van der Waals surface area contributed by atoms with Gasteiger partial charge >= 0.3 is 0 Å². The molecule has 2 heterocycles. The largest absolute Gasteiger partial charge is 0.336 e. The predicted molar refractivity (Wildman–Crippen MR) is 102 cm³/mol. The van der Waals surface area contributed by atoms with Crippen LogP contribution >= 0.6 is 0 Å². The minimum atomic E-state index is -3.54. The number of piperazine rings is 1. The number of amides is 1. The molecule has 144 valence electrons. The molecule has 0 unspecified atom stereocenters. The van der Waals surface area contributed by atoms with Gasteiger partial charge in [-0.2, -0.15) is 4.31 Å². The second kappa shape index (κ2) is 8.06. The summed E-state index contributed by atoms with van der Waals surface area (Å²) in [5, 5.41) is 0. The molecule has 0 spiro atoms. The van der Waals surface area contributed by atoms with E-state index in [1.807, 2.05) is 4.90 Å². The van der Waals surface area contributed by atoms with Crippen molar-refractivity contribution in [3.05, 3.63) is 29.3 Å². The number of likely N-dealkylation sites (N-methyl/N-ethyl adjacent to an activating group) is 1. The van der Waals surface area contributed by atoms with Gasteiger partial charge in [0.1, 0.15) is 0 Å². The van der Waals surface area contributed by atoms with E-state index >= 15 is 0 Å². The van der Waals surface area contributed by atoms with Gasteiger partial charge in [-0.1, -0.05) is 19.4 Å². The third kappa shape index (κ3) is 3.94. The van der Waals surface area contributed by atoms with Gasteiger partial charge in [-0.25, -0.2) is 8.42 Å². The molecule has 0 radical (unpaired) electrons. The lowest BCUT2D eigenvalue weighted by Crippen LogP contribution is -2.48. The molecule has 0 bridgehead atoms. The number of benzene rings is 1. The van der Waals surface area contributed by atoms with E-state index in [2.05, 4.69) is 11.8 Å². The first-order valence-corrected chi connectivity index (χ1v) is 11.0. The normalized spacial score (nSPS) is 20.3. The Morgan fingerprint density at radius 2 is 1.65 bits per heavy atom. The molecule has 0 N–H and O–H groups in total. The zero-order chi connectivity index (χ0) is 18.7. The van der Waals surface area contributed by atoms with Gasteiger partial charge in [0.2, 0.25) is 10.0 Å². The van der Waals surface area contributed by atoms with Crippen LogP contribution in [0.4, 0.5) is 0 Å². The summed E-state index contributed by atoms with van der Waals surface area (Å²) in [6.07, 6.45) is 2.88. The number of aryl methyl sites for hydroxylation is 1. The number of piperidine rings is 1. The van der Waals surface area contributed by atoms with Gasteiger partial charge in [-0.3, -0.25) is 4.79 Å². The highest BCUT2D eigenvalue weighted by atomic mass is 32.2. The van der Waals surface area contributed by atoms with Crippen molar-refractivity contribution in [3.63, 3.8) is 0 Å². The summed E-state index contributed by atoms with van der Waals surface area (Å²) >= 11 is 0. The number of rotatable bonds is 4. The molecule has 0 saturated carbocycles. The molecular weight excluding hydrogens is 350 g/mol. The van der Waals surface area contributed by atoms with Crippen molar-refractivity contribution in [2.45, 2.75) is 38.0 Å². The molecule has 0 aliphatic carbocycles. The summed E-state index contributed by atoms with van der Waals surface area (Å²) in [7, 11) is -3.54. The van der Waals surface area contributed by atoms with Gasteiger partial charge < -0.3 is 9.80 Å². The lowest BCUT2D eigenvalue weighted by molar-refractivity contribution is 0.0643. The van der Waals surface area contributed by atoms with Crippen LogP contribution in [-0.4, -0.2) is 74.2 Å². The van der Waals surface area contributed by atoms with Gasteiger partial charge in [0.25, 0.3) is 5.91 Å². The highest BCUT2D eigenvalue weighted by Crippen LogP contribution is 2.25. The summed E-state index contributed by atoms with van der Waals surface area (Å²) in [5.74, 6) is -0.0733. The lowest BCUT2D eigenvalue weighted by atomic mass is 10.1. The number of carbonyl (C=O) groups excluding carboxylic acids is 1. The van der Waals surface area contributed by atoms with Crippen LogP contribution in [-0.2, 0) is 10.0 Å². The van der Waals surface area contributed by atoms with Crippen molar-refractivity contribution in [1.29, 1.82) is 0 Å². The van der Waals surface area contributed by atoms with E-state index in [4.69, 9.17) is 0 Å². The van der Waals surface area contributed by atoms with E-state index in [9.17, 15) is 13.2 Å². The van der Waals surface area contributed by atoms with E-state index < -0.39 is 10.0 Å². The van der Waals surface area contributed by atoms with Crippen LogP contribution in [0.2, 0.25) is 0 Å². The zero-order valence-corrected chi connectivity index (χ0v) is 16.6. The van der Waals surface area contributed by atoms with Crippen molar-refractivity contribution in [3.8, 4) is 0 Å². The van der Waals surface area contributed by atoms with E-state index in [-0.39, 0.29) is 10.8 Å². The molecule has 1 aromatic rings. The maximum absolute atomic E-state index is 13.0. The molecule has 2 aliphatic rings. The molecule has 7 heteroatoms. The molecule has 0 aromatic heterocycles. The van der Waals surface area contributed by atoms with Crippen LogP contribution in [0.1, 0.15) is 42.1 Å². The van der Waals surface area contributed by atoms with Crippen molar-refractivity contribution in [2.24, 2.45) is 0 Å². The minimum absolute atomic E-state index is 0.0733. The fourth-order valence-electron chi connectivity index (χ4n) is 3.71. The molecule has 1 amide bonds. The molecule has 2 aliphatic heterocycles. The van der Waals surface area contributed by atoms with Crippen LogP contribution < -0.4 is 0 Å². The maximum Gasteiger partial charge on any atom is 0.253 e. The van der Waals surface area contributed by atoms with Crippen molar-refractivity contribution in [2.75, 3.05) is 45.8 Å². The summed E-state index contributed by atoms with van der Waals surface area (Å²) < 4.78 is 27.6. The van der Waals surface area contributed by atoms with Gasteiger partial charge in [-0.15, -0.1) is 0 Å². The quantitative estimate of drug-likeness (QED) is 0.802. The Bertz CT molecular complexity index is 749. The molecule has 2 saturated heterocycles. The van der Waals surface area contributed by atoms with E-state index in [0.29, 0.717) is 37.3 Å². The first-order valence-electron chi connectivity index (χ1n) is 9.56. The van der Waals surface area contributed by atoms with Crippen LogP contribution in [0.3, 0.4) is 0 Å². The van der Waals surface area contributed by atoms with Crippen molar-refractivity contribution >= 4 is 15.9 Å². The zero-order valence-electron chi connectivity index (χ0n) is 15.8. The van der Waals surface area contributed by atoms with Gasteiger partial charge in [-0.05, 0) is 44.0 Å². The average molecular weight is 380 g/mol. The summed E-state index contributed by atoms with van der Waals surface area (Å²) in [6, 6.07) is 5.08. The van der Waals surface area contributed by atoms with E-state index in [0.717, 1.165) is 38.9 Å². The molecule has 26 heavy (non-hydrogen) atoms. The molecule has 1 aromatic carbocycles. The Hall–Kier alpha value is -1.44. The Labute approximate surface area is 156 Å². The van der Waals surface area contributed by atoms with Crippen LogP contribution in [0.5, 0.6) is 0 Å². The maximum atomic E-state index is 13.0. The summed E-state index contributed by atoms with van der Waals surface area (Å²) in [5.41, 5.74) is 1.17. The third-order valence-corrected chi connectivity index (χ3v) is 7.52. The second-order valence-corrected chi connectivity index (χ2v) is 9.08. The Morgan fingerprint density at radius 3 is 2.27 bits per heavy atom. The number of hydrogen-bond donors (Lipinski definition) is 0. The minimum Gasteiger partial charge on any atom is -0.336 e. The highest BCUT2D eigenvalue weighted by Gasteiger charge is 2.29. The Kier molecular flexibility index (Phi) is 5.99. The second-order valence-electron chi connectivity index (χ2n) is 7.17. The first-order chi connectivity index (χ1) is 12.4. The molecule has 0 atom stereocenters. The van der Waals surface area contributed by atoms with Crippen molar-refractivity contribution in [1.82, 2.24) is 14.1 Å². The smallest absolute Gasteiger partial charge is 0.253 e. The van der Waals surface area contributed by atoms with Crippen LogP contribution in [0.25, 0.3) is 0 Å². The summed E-state index contributed by atoms with van der Waals surface area (Å²) in [6.45, 7) is 9.16. The molecule has 2 fully saturated rings. The van der Waals surface area contributed by atoms with Gasteiger partial charge in [0, 0.05) is 44.8 Å². The third-order valence-electron chi connectivity index (χ3n) is 5.47. The first kappa shape index (κ1) is 19.3. The van der Waals surface area contributed by atoms with Gasteiger partial charge in [0.15, 0.2) is 0 Å². The Balaban J connectivity index is 1.82. The highest BCUT2D eigenvalue weighted by molar-refractivity contribution is 7.89. The van der Waals surface area contributed by atoms with Crippen molar-refractivity contribution < 1.29 is 13.2 Å². The molecular formula is C19H29N3O3S. The Morgan fingerprint density at radius 1 is 1.00 bits per heavy atom. The fourth-order valence-corrected chi connectivity index (χ4v) is 5.47. The van der Waals surface area contributed by atoms with E-state index in [1.54, 1.807) is 29.4 Å². The predicted octanol–water partition coefficient (Wildman–Crippen LogP) is 1.95. The monoisotopic (exact) mass is 379 g/mol. The SMILES string of the molecule is CCN1CCN(C(=O)c2ccc(C)c(S(=O)(=O)N3CCCCC3)c2)CC1. The lowest BCUT2D eigenvalue weighted by Gasteiger charge is -2.34. The number of nitrogens with zero attached hydrogens (tertiary/aromatic N) is 3. The van der Waals surface area contributed by atoms with Gasteiger partial charge in [0.05, 0.1) is 4.90 Å². The average Bonchev–Trinajstić information content (AvgIpc) is 2.68. The number of sulfonamides is 1. The van der Waals surface area contributed by atoms with Crippen LogP contribution in [0, 0.1) is 6.92 Å². The molecule has 6 nitrogen and oxygen atoms in total. The topological polar surface area (TPSA) is 60.9 Å².